The van der Waals surface area contributed by atoms with Crippen LogP contribution in [0.15, 0.2) is 60.0 Å². The molecule has 0 unspecified atom stereocenters. The number of thiophene rings is 1. The summed E-state index contributed by atoms with van der Waals surface area (Å²) in [5.74, 6) is -1.70. The maximum atomic E-state index is 13.7. The van der Waals surface area contributed by atoms with Gasteiger partial charge in [-0.25, -0.2) is 9.78 Å². The van der Waals surface area contributed by atoms with Crippen molar-refractivity contribution >= 4 is 34.8 Å². The third kappa shape index (κ3) is 5.25. The summed E-state index contributed by atoms with van der Waals surface area (Å²) in [4.78, 5) is 43.5. The van der Waals surface area contributed by atoms with Gasteiger partial charge in [-0.05, 0) is 65.9 Å². The second-order valence-corrected chi connectivity index (χ2v) is 9.80. The number of aromatic carboxylic acids is 1. The van der Waals surface area contributed by atoms with Gasteiger partial charge in [0.2, 0.25) is 0 Å². The van der Waals surface area contributed by atoms with E-state index in [1.807, 2.05) is 23.6 Å². The molecular formula is C29H26N4O5S. The molecule has 2 aromatic heterocycles. The van der Waals surface area contributed by atoms with Crippen LogP contribution >= 0.6 is 11.3 Å². The molecule has 3 heterocycles. The van der Waals surface area contributed by atoms with E-state index in [9.17, 15) is 19.5 Å². The molecule has 0 atom stereocenters. The Balaban J connectivity index is 1.67. The van der Waals surface area contributed by atoms with E-state index in [2.05, 4.69) is 15.6 Å². The average Bonchev–Trinajstić information content (AvgIpc) is 3.34. The molecule has 1 aliphatic heterocycles. The smallest absolute Gasteiger partial charge is 0.355 e. The lowest BCUT2D eigenvalue weighted by Crippen LogP contribution is -2.24. The van der Waals surface area contributed by atoms with Crippen LogP contribution in [0.2, 0.25) is 0 Å². The van der Waals surface area contributed by atoms with Crippen molar-refractivity contribution in [2.75, 3.05) is 18.5 Å². The normalized spacial score (nSPS) is 11.9. The first-order valence-electron chi connectivity index (χ1n) is 12.4. The van der Waals surface area contributed by atoms with E-state index in [1.165, 1.54) is 12.1 Å². The number of hydrogen-bond donors (Lipinski definition) is 4. The number of benzene rings is 2. The van der Waals surface area contributed by atoms with E-state index >= 15 is 0 Å². The number of ether oxygens (including phenoxy) is 1. The van der Waals surface area contributed by atoms with Gasteiger partial charge in [0.25, 0.3) is 11.8 Å². The van der Waals surface area contributed by atoms with Crippen molar-refractivity contribution in [1.29, 1.82) is 0 Å². The number of hydrogen-bond acceptors (Lipinski definition) is 7. The fourth-order valence-corrected chi connectivity index (χ4v) is 5.44. The SMILES string of the molecule is CCNC(=O)c1ccc(-c2cc3c(cc2C(=O)Nc2ccc(CN)cc2)-c2sccc2CCO3)c(C(=O)O)n1. The summed E-state index contributed by atoms with van der Waals surface area (Å²) in [6.07, 6.45) is 0.709. The van der Waals surface area contributed by atoms with E-state index in [0.29, 0.717) is 43.1 Å². The number of nitrogens with one attached hydrogen (secondary N) is 2. The zero-order chi connectivity index (χ0) is 27.5. The molecule has 5 rings (SSSR count). The number of nitrogens with zero attached hydrogens (tertiary/aromatic N) is 1. The number of anilines is 1. The average molecular weight is 543 g/mol. The number of rotatable bonds is 7. The minimum atomic E-state index is -1.32. The zero-order valence-electron chi connectivity index (χ0n) is 21.1. The molecule has 4 aromatic rings. The Morgan fingerprint density at radius 2 is 1.82 bits per heavy atom. The fraction of sp³-hybridized carbons (Fsp3) is 0.172. The van der Waals surface area contributed by atoms with Crippen LogP contribution in [-0.4, -0.2) is 41.0 Å². The molecule has 10 heteroatoms. The van der Waals surface area contributed by atoms with E-state index in [0.717, 1.165) is 21.6 Å². The van der Waals surface area contributed by atoms with Gasteiger partial charge in [0, 0.05) is 52.3 Å². The molecule has 0 saturated heterocycles. The number of carbonyl (C=O) groups is 3. The summed E-state index contributed by atoms with van der Waals surface area (Å²) in [6.45, 7) is 2.95. The second kappa shape index (κ2) is 11.1. The number of nitrogens with two attached hydrogens (primary N) is 1. The molecule has 0 aliphatic carbocycles. The predicted molar refractivity (Wildman–Crippen MR) is 149 cm³/mol. The van der Waals surface area contributed by atoms with Crippen LogP contribution in [0.25, 0.3) is 21.6 Å². The lowest BCUT2D eigenvalue weighted by atomic mass is 9.93. The molecule has 0 radical (unpaired) electrons. The third-order valence-electron chi connectivity index (χ3n) is 6.39. The summed E-state index contributed by atoms with van der Waals surface area (Å²) in [7, 11) is 0. The van der Waals surface area contributed by atoms with Gasteiger partial charge in [-0.1, -0.05) is 12.1 Å². The Morgan fingerprint density at radius 3 is 2.54 bits per heavy atom. The lowest BCUT2D eigenvalue weighted by Gasteiger charge is -2.17. The molecule has 2 amide bonds. The third-order valence-corrected chi connectivity index (χ3v) is 7.38. The Morgan fingerprint density at radius 1 is 1.03 bits per heavy atom. The van der Waals surface area contributed by atoms with Gasteiger partial charge in [0.05, 0.1) is 6.61 Å². The quantitative estimate of drug-likeness (QED) is 0.268. The molecule has 0 saturated carbocycles. The first-order chi connectivity index (χ1) is 18.9. The first-order valence-corrected chi connectivity index (χ1v) is 13.3. The highest BCUT2D eigenvalue weighted by Gasteiger charge is 2.26. The Kier molecular flexibility index (Phi) is 7.40. The van der Waals surface area contributed by atoms with Crippen molar-refractivity contribution in [3.8, 4) is 27.3 Å². The van der Waals surface area contributed by atoms with Crippen molar-refractivity contribution in [2.24, 2.45) is 5.73 Å². The van der Waals surface area contributed by atoms with Crippen LogP contribution in [0.3, 0.4) is 0 Å². The molecule has 1 aliphatic rings. The van der Waals surface area contributed by atoms with Crippen molar-refractivity contribution in [3.63, 3.8) is 0 Å². The number of carboxylic acids is 1. The first kappa shape index (κ1) is 26.1. The zero-order valence-corrected chi connectivity index (χ0v) is 21.9. The highest BCUT2D eigenvalue weighted by Crippen LogP contribution is 2.43. The van der Waals surface area contributed by atoms with Crippen LogP contribution in [0.1, 0.15) is 49.4 Å². The summed E-state index contributed by atoms with van der Waals surface area (Å²) < 4.78 is 6.06. The monoisotopic (exact) mass is 542 g/mol. The highest BCUT2D eigenvalue weighted by atomic mass is 32.1. The number of aromatic nitrogens is 1. The number of fused-ring (bicyclic) bond motifs is 3. The van der Waals surface area contributed by atoms with Crippen LogP contribution < -0.4 is 21.1 Å². The van der Waals surface area contributed by atoms with Crippen molar-refractivity contribution in [1.82, 2.24) is 10.3 Å². The van der Waals surface area contributed by atoms with Crippen molar-refractivity contribution < 1.29 is 24.2 Å². The van der Waals surface area contributed by atoms with E-state index in [1.54, 1.807) is 42.5 Å². The topological polar surface area (TPSA) is 144 Å². The molecule has 9 nitrogen and oxygen atoms in total. The molecule has 5 N–H and O–H groups in total. The van der Waals surface area contributed by atoms with Gasteiger partial charge in [0.1, 0.15) is 11.4 Å². The predicted octanol–water partition coefficient (Wildman–Crippen LogP) is 4.57. The Bertz CT molecular complexity index is 1580. The van der Waals surface area contributed by atoms with Crippen molar-refractivity contribution in [2.45, 2.75) is 19.9 Å². The molecule has 2 aromatic carbocycles. The maximum Gasteiger partial charge on any atom is 0.355 e. The Hall–Kier alpha value is -4.54. The summed E-state index contributed by atoms with van der Waals surface area (Å²) in [5, 5.41) is 17.6. The molecular weight excluding hydrogens is 516 g/mol. The number of amides is 2. The van der Waals surface area contributed by atoms with Gasteiger partial charge in [-0.3, -0.25) is 9.59 Å². The van der Waals surface area contributed by atoms with E-state index in [-0.39, 0.29) is 22.5 Å². The minimum absolute atomic E-state index is 0.0294. The maximum absolute atomic E-state index is 13.7. The van der Waals surface area contributed by atoms with Gasteiger partial charge in [-0.15, -0.1) is 11.3 Å². The van der Waals surface area contributed by atoms with Gasteiger partial charge in [-0.2, -0.15) is 0 Å². The number of carbonyl (C=O) groups excluding carboxylic acids is 2. The van der Waals surface area contributed by atoms with Crippen molar-refractivity contribution in [3.05, 3.63) is 88.1 Å². The summed E-state index contributed by atoms with van der Waals surface area (Å²) in [6, 6.07) is 15.6. The van der Waals surface area contributed by atoms with Gasteiger partial charge in [0.15, 0.2) is 5.69 Å². The standard InChI is InChI=1S/C29H26N4O5S/c1-2-31-28(35)23-8-7-19(25(33-23)29(36)37)20-14-24-22(26-17(9-11-38-24)10-12-39-26)13-21(20)27(34)32-18-5-3-16(15-30)4-6-18/h3-8,10,12-14H,2,9,11,15,30H2,1H3,(H,31,35)(H,32,34)(H,36,37). The minimum Gasteiger partial charge on any atom is -0.493 e. The van der Waals surface area contributed by atoms with Crippen LogP contribution in [-0.2, 0) is 13.0 Å². The van der Waals surface area contributed by atoms with E-state index in [4.69, 9.17) is 10.5 Å². The molecule has 0 fully saturated rings. The highest BCUT2D eigenvalue weighted by molar-refractivity contribution is 7.13. The molecule has 0 bridgehead atoms. The lowest BCUT2D eigenvalue weighted by molar-refractivity contribution is 0.0691. The van der Waals surface area contributed by atoms with Gasteiger partial charge >= 0.3 is 5.97 Å². The number of carboxylic acid groups (broad SMARTS) is 1. The largest absolute Gasteiger partial charge is 0.493 e. The second-order valence-electron chi connectivity index (χ2n) is 8.88. The van der Waals surface area contributed by atoms with E-state index < -0.39 is 17.8 Å². The van der Waals surface area contributed by atoms with Crippen LogP contribution in [0.5, 0.6) is 5.75 Å². The number of pyridine rings is 1. The molecule has 39 heavy (non-hydrogen) atoms. The van der Waals surface area contributed by atoms with Crippen LogP contribution in [0.4, 0.5) is 5.69 Å². The van der Waals surface area contributed by atoms with Crippen LogP contribution in [0, 0.1) is 0 Å². The summed E-state index contributed by atoms with van der Waals surface area (Å²) >= 11 is 1.55. The molecule has 198 valence electrons. The van der Waals surface area contributed by atoms with Gasteiger partial charge < -0.3 is 26.2 Å². The summed E-state index contributed by atoms with van der Waals surface area (Å²) in [5.41, 5.74) is 9.46. The Labute approximate surface area is 228 Å². The fourth-order valence-electron chi connectivity index (χ4n) is 4.47. The molecule has 0 spiro atoms.